The highest BCUT2D eigenvalue weighted by Crippen LogP contribution is 2.43. The summed E-state index contributed by atoms with van der Waals surface area (Å²) in [6, 6.07) is 50.6. The van der Waals surface area contributed by atoms with Crippen LogP contribution in [0.25, 0.3) is 99.0 Å². The van der Waals surface area contributed by atoms with E-state index in [0.717, 1.165) is 77.7 Å². The maximum Gasteiger partial charge on any atom is 0.418 e. The molecule has 0 aliphatic heterocycles. The van der Waals surface area contributed by atoms with Gasteiger partial charge in [-0.15, -0.1) is 0 Å². The van der Waals surface area contributed by atoms with Crippen molar-refractivity contribution in [2.75, 3.05) is 0 Å². The van der Waals surface area contributed by atoms with Gasteiger partial charge in [-0.2, -0.15) is 26.3 Å². The molecule has 0 fully saturated rings. The summed E-state index contributed by atoms with van der Waals surface area (Å²) in [6.07, 6.45) is -9.05. The van der Waals surface area contributed by atoms with Crippen LogP contribution in [0.3, 0.4) is 0 Å². The molecule has 0 aliphatic carbocycles. The van der Waals surface area contributed by atoms with Gasteiger partial charge in [-0.05, 0) is 107 Å². The van der Waals surface area contributed by atoms with Gasteiger partial charge in [-0.25, -0.2) is 0 Å². The number of nitrogens with zero attached hydrogens (tertiary/aromatic N) is 2. The lowest BCUT2D eigenvalue weighted by Gasteiger charge is -2.15. The zero-order valence-corrected chi connectivity index (χ0v) is 30.8. The largest absolute Gasteiger partial charge is 0.418 e. The van der Waals surface area contributed by atoms with Crippen LogP contribution in [0.4, 0.5) is 26.3 Å². The predicted molar refractivity (Wildman–Crippen MR) is 225 cm³/mol. The van der Waals surface area contributed by atoms with Crippen molar-refractivity contribution in [1.29, 1.82) is 0 Å². The number of nitrogens with one attached hydrogen (secondary N) is 1. The van der Waals surface area contributed by atoms with Crippen molar-refractivity contribution < 1.29 is 26.3 Å². The number of alkyl halides is 6. The van der Waals surface area contributed by atoms with Gasteiger partial charge in [0.05, 0.1) is 44.6 Å². The molecule has 3 nitrogen and oxygen atoms in total. The normalized spacial score (nSPS) is 12.6. The molecule has 0 saturated carbocycles. The average molecular weight is 786 g/mol. The summed E-state index contributed by atoms with van der Waals surface area (Å²) in [5.41, 5.74) is 7.11. The molecule has 0 radical (unpaired) electrons. The summed E-state index contributed by atoms with van der Waals surface area (Å²) in [5.74, 6) is 0. The topological polar surface area (TPSA) is 25.6 Å². The van der Waals surface area contributed by atoms with E-state index < -0.39 is 23.5 Å². The first-order chi connectivity index (χ1) is 28.5. The first kappa shape index (κ1) is 34.9. The van der Waals surface area contributed by atoms with Gasteiger partial charge < -0.3 is 14.1 Å². The molecule has 0 unspecified atom stereocenters. The average Bonchev–Trinajstić information content (AvgIpc) is 3.89. The van der Waals surface area contributed by atoms with Crippen LogP contribution in [0, 0.1) is 0 Å². The van der Waals surface area contributed by atoms with E-state index in [0.29, 0.717) is 22.1 Å². The van der Waals surface area contributed by atoms with E-state index in [1.54, 1.807) is 21.3 Å². The number of aromatic nitrogens is 3. The number of para-hydroxylation sites is 4. The van der Waals surface area contributed by atoms with Crippen LogP contribution in [0.2, 0.25) is 0 Å². The quantitative estimate of drug-likeness (QED) is 0.172. The van der Waals surface area contributed by atoms with Crippen LogP contribution in [0.5, 0.6) is 0 Å². The molecule has 0 amide bonds. The number of aromatic amines is 1. The van der Waals surface area contributed by atoms with Gasteiger partial charge in [-0.3, -0.25) is 0 Å². The van der Waals surface area contributed by atoms with E-state index in [9.17, 15) is 26.3 Å². The number of halogens is 6. The molecule has 1 N–H and O–H groups in total. The molecule has 59 heavy (non-hydrogen) atoms. The van der Waals surface area contributed by atoms with Crippen molar-refractivity contribution in [2.24, 2.45) is 0 Å². The Morgan fingerprint density at radius 2 is 0.661 bits per heavy atom. The van der Waals surface area contributed by atoms with Gasteiger partial charge in [-0.1, -0.05) is 84.9 Å². The number of fused-ring (bicyclic) bond motifs is 9. The molecule has 11 rings (SSSR count). The van der Waals surface area contributed by atoms with Crippen LogP contribution < -0.4 is 0 Å². The third-order valence-corrected chi connectivity index (χ3v) is 11.5. The van der Waals surface area contributed by atoms with E-state index in [1.807, 2.05) is 109 Å². The molecule has 0 saturated heterocycles. The molecule has 286 valence electrons. The van der Waals surface area contributed by atoms with Gasteiger partial charge in [0, 0.05) is 43.4 Å². The van der Waals surface area contributed by atoms with Crippen LogP contribution in [0.15, 0.2) is 170 Å². The Hall–Kier alpha value is -7.26. The van der Waals surface area contributed by atoms with E-state index in [4.69, 9.17) is 0 Å². The molecule has 8 aromatic carbocycles. The molecule has 11 aromatic rings. The van der Waals surface area contributed by atoms with Gasteiger partial charge in [0.2, 0.25) is 0 Å². The fourth-order valence-electron chi connectivity index (χ4n) is 8.90. The van der Waals surface area contributed by atoms with E-state index in [1.165, 1.54) is 24.3 Å². The monoisotopic (exact) mass is 785 g/mol. The van der Waals surface area contributed by atoms with E-state index >= 15 is 0 Å². The summed E-state index contributed by atoms with van der Waals surface area (Å²) in [5, 5.41) is 5.39. The predicted octanol–water partition coefficient (Wildman–Crippen LogP) is 14.9. The van der Waals surface area contributed by atoms with Crippen molar-refractivity contribution >= 4 is 65.4 Å². The highest BCUT2D eigenvalue weighted by Gasteiger charge is 2.35. The second-order valence-corrected chi connectivity index (χ2v) is 14.8. The Balaban J connectivity index is 1.03. The molecule has 3 aromatic heterocycles. The van der Waals surface area contributed by atoms with Crippen molar-refractivity contribution in [2.45, 2.75) is 12.4 Å². The van der Waals surface area contributed by atoms with Crippen LogP contribution >= 0.6 is 0 Å². The minimum atomic E-state index is -4.53. The lowest BCUT2D eigenvalue weighted by molar-refractivity contribution is -0.138. The molecule has 9 heteroatoms. The number of rotatable bonds is 4. The molecule has 0 atom stereocenters. The third-order valence-electron chi connectivity index (χ3n) is 11.5. The second-order valence-electron chi connectivity index (χ2n) is 14.8. The molecular formula is C50H29F6N3. The lowest BCUT2D eigenvalue weighted by atomic mass is 9.98. The molecular weight excluding hydrogens is 757 g/mol. The van der Waals surface area contributed by atoms with Crippen LogP contribution in [-0.4, -0.2) is 14.1 Å². The second kappa shape index (κ2) is 12.6. The van der Waals surface area contributed by atoms with Gasteiger partial charge in [0.25, 0.3) is 0 Å². The highest BCUT2D eigenvalue weighted by atomic mass is 19.4. The Labute approximate surface area is 332 Å². The molecule has 3 heterocycles. The smallest absolute Gasteiger partial charge is 0.355 e. The van der Waals surface area contributed by atoms with Crippen molar-refractivity contribution in [3.8, 4) is 33.6 Å². The molecule has 0 spiro atoms. The fraction of sp³-hybridized carbons (Fsp3) is 0.0400. The number of hydrogen-bond donors (Lipinski definition) is 1. The Kier molecular flexibility index (Phi) is 7.47. The van der Waals surface area contributed by atoms with Crippen LogP contribution in [0.1, 0.15) is 11.1 Å². The van der Waals surface area contributed by atoms with Crippen molar-refractivity contribution in [3.05, 3.63) is 181 Å². The number of H-pyrrole nitrogens is 1. The number of benzene rings is 8. The molecule has 0 bridgehead atoms. The fourth-order valence-corrected chi connectivity index (χ4v) is 8.90. The van der Waals surface area contributed by atoms with Crippen molar-refractivity contribution in [3.63, 3.8) is 0 Å². The first-order valence-corrected chi connectivity index (χ1v) is 19.0. The summed E-state index contributed by atoms with van der Waals surface area (Å²) < 4.78 is 88.8. The lowest BCUT2D eigenvalue weighted by Crippen LogP contribution is -2.10. The summed E-state index contributed by atoms with van der Waals surface area (Å²) in [6.45, 7) is 0. The summed E-state index contributed by atoms with van der Waals surface area (Å²) in [4.78, 5) is 3.53. The zero-order valence-electron chi connectivity index (χ0n) is 30.8. The number of hydrogen-bond acceptors (Lipinski definition) is 0. The summed E-state index contributed by atoms with van der Waals surface area (Å²) >= 11 is 0. The Morgan fingerprint density at radius 1 is 0.322 bits per heavy atom. The Bertz CT molecular complexity index is 3260. The van der Waals surface area contributed by atoms with Gasteiger partial charge in [0.15, 0.2) is 0 Å². The van der Waals surface area contributed by atoms with Gasteiger partial charge >= 0.3 is 12.4 Å². The van der Waals surface area contributed by atoms with Crippen molar-refractivity contribution in [1.82, 2.24) is 14.1 Å². The van der Waals surface area contributed by atoms with E-state index in [-0.39, 0.29) is 11.4 Å². The van der Waals surface area contributed by atoms with Gasteiger partial charge in [0.1, 0.15) is 0 Å². The third kappa shape index (κ3) is 5.45. The summed E-state index contributed by atoms with van der Waals surface area (Å²) in [7, 11) is 0. The minimum Gasteiger partial charge on any atom is -0.355 e. The standard InChI is InChI=1S/C50H29F6N3/c51-49(52,53)39-11-3-7-15-47(39)58-43-13-5-1-9-33(43)37-27-31(19-23-45(37)58)29-17-21-41-35(25-29)36-26-30(18-22-42(36)57-41)32-20-24-46-38(28-32)34-10-2-6-14-44(34)59(46)48-16-8-4-12-40(48)50(54,55)56/h1-28,57H. The highest BCUT2D eigenvalue weighted by molar-refractivity contribution is 6.14. The minimum absolute atomic E-state index is 0.0756. The Morgan fingerprint density at radius 3 is 1.08 bits per heavy atom. The maximum absolute atomic E-state index is 14.2. The molecule has 0 aliphatic rings. The van der Waals surface area contributed by atoms with Crippen LogP contribution in [-0.2, 0) is 12.4 Å². The SMILES string of the molecule is FC(F)(F)c1ccccc1-n1c2ccccc2c2cc(-c3ccc4[nH]c5ccc(-c6ccc7c(c6)c6ccccc6n7-c6ccccc6C(F)(F)F)cc5c4c3)ccc21. The zero-order chi connectivity index (χ0) is 40.2. The maximum atomic E-state index is 14.2. The first-order valence-electron chi connectivity index (χ1n) is 19.0. The van der Waals surface area contributed by atoms with E-state index in [2.05, 4.69) is 17.1 Å².